The van der Waals surface area contributed by atoms with Gasteiger partial charge in [-0.25, -0.2) is 4.39 Å². The molecular weight excluding hydrogens is 263 g/mol. The quantitative estimate of drug-likeness (QED) is 0.614. The van der Waals surface area contributed by atoms with Gasteiger partial charge in [0.2, 0.25) is 0 Å². The van der Waals surface area contributed by atoms with E-state index in [1.165, 1.54) is 38.5 Å². The topological polar surface area (TPSA) is 15.3 Å². The van der Waals surface area contributed by atoms with Crippen LogP contribution in [0.25, 0.3) is 0 Å². The Labute approximate surface area is 128 Å². The van der Waals surface area contributed by atoms with Gasteiger partial charge in [0.25, 0.3) is 0 Å². The van der Waals surface area contributed by atoms with Gasteiger partial charge in [-0.05, 0) is 37.9 Å². The fourth-order valence-electron chi connectivity index (χ4n) is 3.28. The highest BCUT2D eigenvalue weighted by molar-refractivity contribution is 5.54. The molecule has 1 aromatic rings. The van der Waals surface area contributed by atoms with Crippen LogP contribution in [-0.2, 0) is 6.54 Å². The first kappa shape index (κ1) is 16.3. The van der Waals surface area contributed by atoms with Crippen molar-refractivity contribution in [2.75, 3.05) is 18.5 Å². The summed E-state index contributed by atoms with van der Waals surface area (Å²) in [6.07, 6.45) is 8.82. The average molecular weight is 292 g/mol. The van der Waals surface area contributed by atoms with E-state index in [1.807, 2.05) is 6.07 Å². The number of hydrogen-bond donors (Lipinski definition) is 1. The van der Waals surface area contributed by atoms with E-state index in [1.54, 1.807) is 6.07 Å². The van der Waals surface area contributed by atoms with E-state index >= 15 is 0 Å². The van der Waals surface area contributed by atoms with E-state index in [9.17, 15) is 4.39 Å². The molecule has 0 radical (unpaired) electrons. The van der Waals surface area contributed by atoms with Gasteiger partial charge in [-0.15, -0.1) is 0 Å². The Morgan fingerprint density at radius 1 is 1.19 bits per heavy atom. The molecule has 21 heavy (non-hydrogen) atoms. The molecule has 0 spiro atoms. The Balaban J connectivity index is 2.14. The van der Waals surface area contributed by atoms with Gasteiger partial charge >= 0.3 is 0 Å². The Bertz CT molecular complexity index is 425. The Kier molecular flexibility index (Phi) is 6.50. The van der Waals surface area contributed by atoms with Gasteiger partial charge in [-0.1, -0.05) is 38.7 Å². The van der Waals surface area contributed by atoms with Gasteiger partial charge in [0, 0.05) is 30.9 Å². The van der Waals surface area contributed by atoms with Crippen LogP contribution in [0.3, 0.4) is 0 Å². The number of halogens is 1. The lowest BCUT2D eigenvalue weighted by Gasteiger charge is -2.31. The summed E-state index contributed by atoms with van der Waals surface area (Å²) in [4.78, 5) is 2.32. The third-order valence-electron chi connectivity index (χ3n) is 4.58. The third-order valence-corrected chi connectivity index (χ3v) is 4.58. The van der Waals surface area contributed by atoms with Gasteiger partial charge in [-0.3, -0.25) is 0 Å². The summed E-state index contributed by atoms with van der Waals surface area (Å²) in [6.45, 7) is 3.68. The predicted molar refractivity (Wildman–Crippen MR) is 88.3 cm³/mol. The lowest BCUT2D eigenvalue weighted by atomic mass is 10.0. The number of nitrogens with zero attached hydrogens (tertiary/aromatic N) is 1. The number of benzene rings is 1. The largest absolute Gasteiger partial charge is 0.371 e. The summed E-state index contributed by atoms with van der Waals surface area (Å²) in [6, 6.07) is 6.03. The second kappa shape index (κ2) is 8.38. The molecule has 0 unspecified atom stereocenters. The maximum Gasteiger partial charge on any atom is 0.129 e. The zero-order valence-corrected chi connectivity index (χ0v) is 13.5. The zero-order valence-electron chi connectivity index (χ0n) is 13.5. The first-order valence-corrected chi connectivity index (χ1v) is 8.45. The van der Waals surface area contributed by atoms with Crippen LogP contribution >= 0.6 is 0 Å². The minimum atomic E-state index is -0.0865. The maximum atomic E-state index is 14.2. The molecule has 2 nitrogen and oxygen atoms in total. The van der Waals surface area contributed by atoms with Gasteiger partial charge in [0.05, 0.1) is 0 Å². The number of rotatable bonds is 6. The molecule has 1 aliphatic rings. The Hall–Kier alpha value is -1.09. The summed E-state index contributed by atoms with van der Waals surface area (Å²) in [5, 5.41) is 3.34. The molecule has 118 valence electrons. The predicted octanol–water partition coefficient (Wildman–Crippen LogP) is 4.48. The van der Waals surface area contributed by atoms with Gasteiger partial charge in [0.1, 0.15) is 5.82 Å². The Morgan fingerprint density at radius 3 is 2.57 bits per heavy atom. The van der Waals surface area contributed by atoms with Crippen molar-refractivity contribution in [3.63, 3.8) is 0 Å². The SMILES string of the molecule is CCCNCc1c(F)cccc1N(C)C1CCCCCC1. The van der Waals surface area contributed by atoms with Crippen LogP contribution in [0.5, 0.6) is 0 Å². The molecule has 0 atom stereocenters. The second-order valence-corrected chi connectivity index (χ2v) is 6.17. The molecule has 3 heteroatoms. The molecule has 1 fully saturated rings. The summed E-state index contributed by atoms with van der Waals surface area (Å²) in [7, 11) is 2.13. The van der Waals surface area contributed by atoms with Crippen LogP contribution in [0.2, 0.25) is 0 Å². The van der Waals surface area contributed by atoms with E-state index in [0.29, 0.717) is 12.6 Å². The first-order valence-electron chi connectivity index (χ1n) is 8.45. The fourth-order valence-corrected chi connectivity index (χ4v) is 3.28. The van der Waals surface area contributed by atoms with Crippen molar-refractivity contribution in [2.24, 2.45) is 0 Å². The normalized spacial score (nSPS) is 16.7. The molecule has 0 saturated heterocycles. The molecule has 1 N–H and O–H groups in total. The summed E-state index contributed by atoms with van der Waals surface area (Å²) in [5.74, 6) is -0.0865. The second-order valence-electron chi connectivity index (χ2n) is 6.17. The van der Waals surface area contributed by atoms with Crippen LogP contribution in [0.4, 0.5) is 10.1 Å². The summed E-state index contributed by atoms with van der Waals surface area (Å²) in [5.41, 5.74) is 1.88. The molecule has 0 aromatic heterocycles. The van der Waals surface area contributed by atoms with Crippen LogP contribution in [0.1, 0.15) is 57.4 Å². The van der Waals surface area contributed by atoms with Crippen molar-refractivity contribution in [2.45, 2.75) is 64.5 Å². The lowest BCUT2D eigenvalue weighted by molar-refractivity contribution is 0.543. The molecule has 0 aliphatic heterocycles. The highest BCUT2D eigenvalue weighted by Gasteiger charge is 2.20. The fraction of sp³-hybridized carbons (Fsp3) is 0.667. The zero-order chi connectivity index (χ0) is 15.1. The molecule has 1 aliphatic carbocycles. The van der Waals surface area contributed by atoms with E-state index in [4.69, 9.17) is 0 Å². The van der Waals surface area contributed by atoms with E-state index in [-0.39, 0.29) is 5.82 Å². The Morgan fingerprint density at radius 2 is 1.90 bits per heavy atom. The van der Waals surface area contributed by atoms with Crippen molar-refractivity contribution >= 4 is 5.69 Å². The van der Waals surface area contributed by atoms with Gasteiger partial charge in [0.15, 0.2) is 0 Å². The van der Waals surface area contributed by atoms with Crippen molar-refractivity contribution in [1.29, 1.82) is 0 Å². The van der Waals surface area contributed by atoms with E-state index in [0.717, 1.165) is 24.2 Å². The van der Waals surface area contributed by atoms with Crippen LogP contribution in [0.15, 0.2) is 18.2 Å². The highest BCUT2D eigenvalue weighted by atomic mass is 19.1. The molecule has 0 bridgehead atoms. The van der Waals surface area contributed by atoms with Crippen molar-refractivity contribution < 1.29 is 4.39 Å². The summed E-state index contributed by atoms with van der Waals surface area (Å²) < 4.78 is 14.2. The molecule has 1 saturated carbocycles. The maximum absolute atomic E-state index is 14.2. The smallest absolute Gasteiger partial charge is 0.129 e. The number of hydrogen-bond acceptors (Lipinski definition) is 2. The standard InChI is InChI=1S/C18H29FN2/c1-3-13-20-14-16-17(19)11-8-12-18(16)21(2)15-9-6-4-5-7-10-15/h8,11-12,15,20H,3-7,9-10,13-14H2,1-2H3. The molecule has 2 rings (SSSR count). The minimum Gasteiger partial charge on any atom is -0.371 e. The molecule has 0 amide bonds. The van der Waals surface area contributed by atoms with Crippen LogP contribution in [0, 0.1) is 5.82 Å². The number of anilines is 1. The third kappa shape index (κ3) is 4.44. The molecular formula is C18H29FN2. The van der Waals surface area contributed by atoms with Crippen molar-refractivity contribution in [3.05, 3.63) is 29.6 Å². The van der Waals surface area contributed by atoms with Gasteiger partial charge < -0.3 is 10.2 Å². The lowest BCUT2D eigenvalue weighted by Crippen LogP contribution is -2.32. The van der Waals surface area contributed by atoms with Crippen LogP contribution < -0.4 is 10.2 Å². The highest BCUT2D eigenvalue weighted by Crippen LogP contribution is 2.29. The van der Waals surface area contributed by atoms with E-state index < -0.39 is 0 Å². The van der Waals surface area contributed by atoms with Gasteiger partial charge in [-0.2, -0.15) is 0 Å². The monoisotopic (exact) mass is 292 g/mol. The molecule has 0 heterocycles. The van der Waals surface area contributed by atoms with Crippen molar-refractivity contribution in [3.8, 4) is 0 Å². The number of nitrogens with one attached hydrogen (secondary N) is 1. The summed E-state index contributed by atoms with van der Waals surface area (Å²) >= 11 is 0. The van der Waals surface area contributed by atoms with E-state index in [2.05, 4.69) is 30.3 Å². The van der Waals surface area contributed by atoms with Crippen LogP contribution in [-0.4, -0.2) is 19.6 Å². The minimum absolute atomic E-state index is 0.0865. The average Bonchev–Trinajstić information content (AvgIpc) is 2.77. The molecule has 1 aromatic carbocycles. The van der Waals surface area contributed by atoms with Crippen molar-refractivity contribution in [1.82, 2.24) is 5.32 Å². The first-order chi connectivity index (χ1) is 10.2.